The Balaban J connectivity index is 1.60. The summed E-state index contributed by atoms with van der Waals surface area (Å²) in [5.74, 6) is 0.563. The van der Waals surface area contributed by atoms with Crippen molar-refractivity contribution in [3.63, 3.8) is 0 Å². The summed E-state index contributed by atoms with van der Waals surface area (Å²) < 4.78 is 7.41. The van der Waals surface area contributed by atoms with Crippen LogP contribution < -0.4 is 5.32 Å². The van der Waals surface area contributed by atoms with E-state index in [-0.39, 0.29) is 17.7 Å². The Morgan fingerprint density at radius 2 is 2.12 bits per heavy atom. The van der Waals surface area contributed by atoms with Crippen molar-refractivity contribution in [2.75, 3.05) is 0 Å². The number of amides is 1. The highest BCUT2D eigenvalue weighted by atomic mass is 35.5. The van der Waals surface area contributed by atoms with Crippen LogP contribution in [0.5, 0.6) is 0 Å². The van der Waals surface area contributed by atoms with Crippen molar-refractivity contribution in [2.24, 2.45) is 0 Å². The van der Waals surface area contributed by atoms with Gasteiger partial charge in [-0.3, -0.25) is 9.20 Å². The van der Waals surface area contributed by atoms with Crippen molar-refractivity contribution in [3.8, 4) is 0 Å². The Labute approximate surface area is 142 Å². The third-order valence-electron chi connectivity index (χ3n) is 3.78. The number of halogens is 1. The van der Waals surface area contributed by atoms with E-state index in [0.717, 1.165) is 11.0 Å². The summed E-state index contributed by atoms with van der Waals surface area (Å²) >= 11 is 5.95. The Morgan fingerprint density at radius 3 is 3.00 bits per heavy atom. The lowest BCUT2D eigenvalue weighted by atomic mass is 10.2. The third-order valence-corrected chi connectivity index (χ3v) is 4.01. The van der Waals surface area contributed by atoms with Gasteiger partial charge in [0.15, 0.2) is 17.2 Å². The highest BCUT2D eigenvalue weighted by Gasteiger charge is 2.19. The van der Waals surface area contributed by atoms with E-state index in [1.54, 1.807) is 24.3 Å². The first-order chi connectivity index (χ1) is 11.6. The fourth-order valence-electron chi connectivity index (χ4n) is 2.61. The molecule has 120 valence electrons. The largest absolute Gasteiger partial charge is 0.451 e. The summed E-state index contributed by atoms with van der Waals surface area (Å²) in [5.41, 5.74) is 1.34. The van der Waals surface area contributed by atoms with E-state index in [4.69, 9.17) is 16.0 Å². The monoisotopic (exact) mass is 340 g/mol. The number of hydrogen-bond donors (Lipinski definition) is 1. The molecule has 4 rings (SSSR count). The molecule has 0 spiro atoms. The van der Waals surface area contributed by atoms with Crippen LogP contribution in [0.15, 0.2) is 53.1 Å². The molecular formula is C17H13ClN4O2. The third kappa shape index (κ3) is 2.51. The highest BCUT2D eigenvalue weighted by molar-refractivity contribution is 6.31. The lowest BCUT2D eigenvalue weighted by Crippen LogP contribution is -2.27. The molecule has 1 aromatic carbocycles. The van der Waals surface area contributed by atoms with Gasteiger partial charge in [0, 0.05) is 16.6 Å². The summed E-state index contributed by atoms with van der Waals surface area (Å²) in [5, 5.41) is 12.5. The summed E-state index contributed by atoms with van der Waals surface area (Å²) in [4.78, 5) is 12.4. The molecule has 0 fully saturated rings. The van der Waals surface area contributed by atoms with E-state index >= 15 is 0 Å². The van der Waals surface area contributed by atoms with Crippen molar-refractivity contribution in [3.05, 3.63) is 65.3 Å². The van der Waals surface area contributed by atoms with Crippen molar-refractivity contribution in [1.82, 2.24) is 19.9 Å². The molecule has 24 heavy (non-hydrogen) atoms. The smallest absolute Gasteiger partial charge is 0.287 e. The van der Waals surface area contributed by atoms with Crippen LogP contribution in [0, 0.1) is 0 Å². The fraction of sp³-hybridized carbons (Fsp3) is 0.118. The SMILES string of the molecule is CC(NC(=O)c1cc2cc(Cl)ccc2o1)c1nnc2ccccn12. The van der Waals surface area contributed by atoms with Gasteiger partial charge in [-0.25, -0.2) is 0 Å². The van der Waals surface area contributed by atoms with E-state index in [1.807, 2.05) is 35.7 Å². The Bertz CT molecular complexity index is 1050. The fourth-order valence-corrected chi connectivity index (χ4v) is 2.79. The maximum absolute atomic E-state index is 12.4. The van der Waals surface area contributed by atoms with Crippen LogP contribution >= 0.6 is 11.6 Å². The van der Waals surface area contributed by atoms with Gasteiger partial charge in [0.25, 0.3) is 5.91 Å². The molecule has 6 nitrogen and oxygen atoms in total. The normalized spacial score (nSPS) is 12.6. The standard InChI is InChI=1S/C17H13ClN4O2/c1-10(16-21-20-15-4-2-3-7-22(15)16)19-17(23)14-9-11-8-12(18)5-6-13(11)24-14/h2-10H,1H3,(H,19,23). The molecule has 0 aliphatic heterocycles. The molecule has 1 atom stereocenters. The quantitative estimate of drug-likeness (QED) is 0.618. The number of fused-ring (bicyclic) bond motifs is 2. The topological polar surface area (TPSA) is 72.4 Å². The molecule has 1 unspecified atom stereocenters. The zero-order valence-corrected chi connectivity index (χ0v) is 13.5. The second-order valence-corrected chi connectivity index (χ2v) is 5.91. The predicted molar refractivity (Wildman–Crippen MR) is 90.1 cm³/mol. The van der Waals surface area contributed by atoms with Gasteiger partial charge in [0.1, 0.15) is 5.58 Å². The van der Waals surface area contributed by atoms with Crippen molar-refractivity contribution in [1.29, 1.82) is 0 Å². The molecule has 0 saturated carbocycles. The van der Waals surface area contributed by atoms with Crippen LogP contribution in [0.4, 0.5) is 0 Å². The molecule has 7 heteroatoms. The average Bonchev–Trinajstić information content (AvgIpc) is 3.18. The summed E-state index contributed by atoms with van der Waals surface area (Å²) in [6.45, 7) is 1.85. The maximum atomic E-state index is 12.4. The molecule has 3 heterocycles. The molecule has 0 bridgehead atoms. The Kier molecular flexibility index (Phi) is 3.46. The van der Waals surface area contributed by atoms with E-state index in [9.17, 15) is 4.79 Å². The Morgan fingerprint density at radius 1 is 1.25 bits per heavy atom. The van der Waals surface area contributed by atoms with E-state index < -0.39 is 0 Å². The number of benzene rings is 1. The summed E-state index contributed by atoms with van der Waals surface area (Å²) in [7, 11) is 0. The first kappa shape index (κ1) is 14.7. The maximum Gasteiger partial charge on any atom is 0.287 e. The molecule has 4 aromatic rings. The van der Waals surface area contributed by atoms with Crippen LogP contribution in [-0.2, 0) is 0 Å². The van der Waals surface area contributed by atoms with Crippen molar-refractivity contribution < 1.29 is 9.21 Å². The minimum absolute atomic E-state index is 0.230. The highest BCUT2D eigenvalue weighted by Crippen LogP contribution is 2.23. The zero-order chi connectivity index (χ0) is 16.7. The minimum atomic E-state index is -0.327. The van der Waals surface area contributed by atoms with Gasteiger partial charge in [0.2, 0.25) is 0 Å². The minimum Gasteiger partial charge on any atom is -0.451 e. The van der Waals surface area contributed by atoms with E-state index in [0.29, 0.717) is 16.4 Å². The summed E-state index contributed by atoms with van der Waals surface area (Å²) in [6.07, 6.45) is 1.86. The van der Waals surface area contributed by atoms with Crippen LogP contribution in [0.25, 0.3) is 16.6 Å². The van der Waals surface area contributed by atoms with Gasteiger partial charge >= 0.3 is 0 Å². The number of furan rings is 1. The molecule has 1 amide bonds. The van der Waals surface area contributed by atoms with Gasteiger partial charge < -0.3 is 9.73 Å². The van der Waals surface area contributed by atoms with Crippen LogP contribution in [-0.4, -0.2) is 20.5 Å². The zero-order valence-electron chi connectivity index (χ0n) is 12.7. The second-order valence-electron chi connectivity index (χ2n) is 5.47. The predicted octanol–water partition coefficient (Wildman–Crippen LogP) is 3.62. The molecule has 3 aromatic heterocycles. The number of rotatable bonds is 3. The first-order valence-corrected chi connectivity index (χ1v) is 7.79. The molecule has 0 aliphatic rings. The van der Waals surface area contributed by atoms with Crippen molar-refractivity contribution in [2.45, 2.75) is 13.0 Å². The number of nitrogens with zero attached hydrogens (tertiary/aromatic N) is 3. The van der Waals surface area contributed by atoms with Gasteiger partial charge in [-0.05, 0) is 43.3 Å². The molecule has 0 radical (unpaired) electrons. The Hall–Kier alpha value is -2.86. The number of aromatic nitrogens is 3. The number of nitrogens with one attached hydrogen (secondary N) is 1. The lowest BCUT2D eigenvalue weighted by molar-refractivity contribution is 0.0912. The summed E-state index contributed by atoms with van der Waals surface area (Å²) in [6, 6.07) is 12.2. The number of pyridine rings is 1. The van der Waals surface area contributed by atoms with Crippen molar-refractivity contribution >= 4 is 34.1 Å². The molecule has 0 saturated heterocycles. The van der Waals surface area contributed by atoms with Crippen LogP contribution in [0.2, 0.25) is 5.02 Å². The van der Waals surface area contributed by atoms with E-state index in [1.165, 1.54) is 0 Å². The van der Waals surface area contributed by atoms with Gasteiger partial charge in [0.05, 0.1) is 6.04 Å². The average molecular weight is 341 g/mol. The van der Waals surface area contributed by atoms with Crippen LogP contribution in [0.1, 0.15) is 29.3 Å². The molecule has 1 N–H and O–H groups in total. The second kappa shape index (κ2) is 5.65. The first-order valence-electron chi connectivity index (χ1n) is 7.41. The van der Waals surface area contributed by atoms with Gasteiger partial charge in [-0.2, -0.15) is 0 Å². The van der Waals surface area contributed by atoms with Crippen LogP contribution in [0.3, 0.4) is 0 Å². The number of carbonyl (C=O) groups is 1. The van der Waals surface area contributed by atoms with E-state index in [2.05, 4.69) is 15.5 Å². The van der Waals surface area contributed by atoms with Gasteiger partial charge in [-0.15, -0.1) is 10.2 Å². The number of carbonyl (C=O) groups excluding carboxylic acids is 1. The van der Waals surface area contributed by atoms with Gasteiger partial charge in [-0.1, -0.05) is 17.7 Å². The number of hydrogen-bond acceptors (Lipinski definition) is 4. The lowest BCUT2D eigenvalue weighted by Gasteiger charge is -2.10. The molecule has 0 aliphatic carbocycles. The molecular weight excluding hydrogens is 328 g/mol.